The second-order valence-corrected chi connectivity index (χ2v) is 6.17. The molecule has 1 saturated carbocycles. The second kappa shape index (κ2) is 8.84. The summed E-state index contributed by atoms with van der Waals surface area (Å²) in [7, 11) is 0. The van der Waals surface area contributed by atoms with Crippen molar-refractivity contribution >= 4 is 29.5 Å². The Hall–Kier alpha value is -1.24. The van der Waals surface area contributed by atoms with Crippen molar-refractivity contribution in [2.75, 3.05) is 18.1 Å². The molecular weight excluding hydrogens is 280 g/mol. The van der Waals surface area contributed by atoms with Crippen molar-refractivity contribution in [2.45, 2.75) is 32.1 Å². The fourth-order valence-corrected chi connectivity index (χ4v) is 3.12. The minimum atomic E-state index is -0.763. The summed E-state index contributed by atoms with van der Waals surface area (Å²) in [6.07, 6.45) is 3.85. The number of hydrogen-bond acceptors (Lipinski definition) is 4. The average Bonchev–Trinajstić information content (AvgIpc) is 2.41. The van der Waals surface area contributed by atoms with Gasteiger partial charge in [0.1, 0.15) is 0 Å². The summed E-state index contributed by atoms with van der Waals surface area (Å²) in [5, 5.41) is 11.9. The van der Waals surface area contributed by atoms with Gasteiger partial charge in [-0.05, 0) is 18.8 Å². The molecule has 0 heterocycles. The van der Waals surface area contributed by atoms with E-state index >= 15 is 0 Å². The number of primary amides is 1. The Balaban J connectivity index is 2.22. The molecule has 7 heteroatoms. The molecule has 0 aromatic carbocycles. The summed E-state index contributed by atoms with van der Waals surface area (Å²) in [5.41, 5.74) is 4.99. The summed E-state index contributed by atoms with van der Waals surface area (Å²) in [6, 6.07) is 0. The Morgan fingerprint density at radius 2 is 1.95 bits per heavy atom. The third-order valence-electron chi connectivity index (χ3n) is 3.51. The van der Waals surface area contributed by atoms with Crippen molar-refractivity contribution in [3.05, 3.63) is 0 Å². The van der Waals surface area contributed by atoms with Crippen LogP contribution >= 0.6 is 11.8 Å². The number of carboxylic acids is 1. The number of carboxylic acid groups (broad SMARTS) is 1. The molecule has 0 radical (unpaired) electrons. The van der Waals surface area contributed by atoms with E-state index < -0.39 is 5.97 Å². The molecule has 2 amide bonds. The molecule has 1 rings (SSSR count). The van der Waals surface area contributed by atoms with Crippen LogP contribution in [0.25, 0.3) is 0 Å². The lowest BCUT2D eigenvalue weighted by Crippen LogP contribution is -2.37. The Kier molecular flexibility index (Phi) is 7.43. The zero-order valence-electron chi connectivity index (χ0n) is 11.5. The lowest BCUT2D eigenvalue weighted by atomic mass is 9.79. The fourth-order valence-electron chi connectivity index (χ4n) is 2.45. The molecule has 0 bridgehead atoms. The van der Waals surface area contributed by atoms with E-state index in [4.69, 9.17) is 10.8 Å². The zero-order chi connectivity index (χ0) is 15.0. The van der Waals surface area contributed by atoms with Crippen LogP contribution in [0.1, 0.15) is 32.1 Å². The van der Waals surface area contributed by atoms with Gasteiger partial charge in [0.2, 0.25) is 11.8 Å². The molecule has 1 aliphatic rings. The minimum Gasteiger partial charge on any atom is -0.481 e. The van der Waals surface area contributed by atoms with Gasteiger partial charge in [-0.2, -0.15) is 11.8 Å². The van der Waals surface area contributed by atoms with Crippen molar-refractivity contribution in [2.24, 2.45) is 17.6 Å². The van der Waals surface area contributed by atoms with E-state index in [1.54, 1.807) is 0 Å². The summed E-state index contributed by atoms with van der Waals surface area (Å²) >= 11 is 1.33. The molecular formula is C13H22N2O4S. The van der Waals surface area contributed by atoms with E-state index in [9.17, 15) is 14.4 Å². The maximum Gasteiger partial charge on any atom is 0.306 e. The standard InChI is InChI=1S/C13H22N2O4S/c14-11(16)8-20-6-5-12(17)15-7-9-3-1-2-4-10(9)13(18)19/h9-10H,1-8H2,(H2,14,16)(H,15,17)(H,18,19). The normalized spacial score (nSPS) is 22.2. The van der Waals surface area contributed by atoms with Crippen LogP contribution in [0.2, 0.25) is 0 Å². The van der Waals surface area contributed by atoms with Crippen molar-refractivity contribution in [3.63, 3.8) is 0 Å². The molecule has 0 aromatic rings. The number of nitrogens with one attached hydrogen (secondary N) is 1. The van der Waals surface area contributed by atoms with E-state index in [2.05, 4.69) is 5.32 Å². The molecule has 20 heavy (non-hydrogen) atoms. The van der Waals surface area contributed by atoms with Gasteiger partial charge < -0.3 is 16.2 Å². The Labute approximate surface area is 122 Å². The van der Waals surface area contributed by atoms with Crippen LogP contribution < -0.4 is 11.1 Å². The van der Waals surface area contributed by atoms with Gasteiger partial charge in [0.05, 0.1) is 11.7 Å². The van der Waals surface area contributed by atoms with E-state index in [1.165, 1.54) is 11.8 Å². The van der Waals surface area contributed by atoms with E-state index in [0.29, 0.717) is 25.1 Å². The predicted octanol–water partition coefficient (Wildman–Crippen LogP) is 0.602. The third kappa shape index (κ3) is 6.27. The van der Waals surface area contributed by atoms with Crippen LogP contribution in [-0.4, -0.2) is 40.9 Å². The zero-order valence-corrected chi connectivity index (χ0v) is 12.3. The number of thioether (sulfide) groups is 1. The number of carbonyl (C=O) groups is 3. The number of amides is 2. The summed E-state index contributed by atoms with van der Waals surface area (Å²) in [5.74, 6) is -0.796. The smallest absolute Gasteiger partial charge is 0.306 e. The van der Waals surface area contributed by atoms with Crippen LogP contribution in [0, 0.1) is 11.8 Å². The van der Waals surface area contributed by atoms with Crippen LogP contribution in [0.3, 0.4) is 0 Å². The first-order valence-corrected chi connectivity index (χ1v) is 8.01. The van der Waals surface area contributed by atoms with E-state index in [0.717, 1.165) is 19.3 Å². The largest absolute Gasteiger partial charge is 0.481 e. The molecule has 0 aliphatic heterocycles. The lowest BCUT2D eigenvalue weighted by molar-refractivity contribution is -0.145. The fraction of sp³-hybridized carbons (Fsp3) is 0.769. The molecule has 6 nitrogen and oxygen atoms in total. The van der Waals surface area contributed by atoms with Crippen molar-refractivity contribution in [3.8, 4) is 0 Å². The first kappa shape index (κ1) is 16.8. The van der Waals surface area contributed by atoms with E-state index in [1.807, 2.05) is 0 Å². The number of nitrogens with two attached hydrogens (primary N) is 1. The number of rotatable bonds is 8. The monoisotopic (exact) mass is 302 g/mol. The van der Waals surface area contributed by atoms with Crippen molar-refractivity contribution in [1.82, 2.24) is 5.32 Å². The van der Waals surface area contributed by atoms with Gasteiger partial charge in [-0.15, -0.1) is 0 Å². The SMILES string of the molecule is NC(=O)CSCCC(=O)NCC1CCCCC1C(=O)O. The first-order valence-electron chi connectivity index (χ1n) is 6.86. The van der Waals surface area contributed by atoms with Gasteiger partial charge in [-0.25, -0.2) is 0 Å². The van der Waals surface area contributed by atoms with Crippen LogP contribution in [0.4, 0.5) is 0 Å². The first-order chi connectivity index (χ1) is 9.50. The molecule has 0 aromatic heterocycles. The minimum absolute atomic E-state index is 0.0310. The topological polar surface area (TPSA) is 109 Å². The average molecular weight is 302 g/mol. The third-order valence-corrected chi connectivity index (χ3v) is 4.49. The van der Waals surface area contributed by atoms with Crippen LogP contribution in [0.5, 0.6) is 0 Å². The number of carbonyl (C=O) groups excluding carboxylic acids is 2. The highest BCUT2D eigenvalue weighted by atomic mass is 32.2. The van der Waals surface area contributed by atoms with Gasteiger partial charge in [-0.3, -0.25) is 14.4 Å². The molecule has 2 unspecified atom stereocenters. The van der Waals surface area contributed by atoms with Crippen LogP contribution in [0.15, 0.2) is 0 Å². The number of aliphatic carboxylic acids is 1. The van der Waals surface area contributed by atoms with Gasteiger partial charge in [0.15, 0.2) is 0 Å². The maximum atomic E-state index is 11.6. The summed E-state index contributed by atoms with van der Waals surface area (Å²) in [4.78, 5) is 33.3. The van der Waals surface area contributed by atoms with Gasteiger partial charge in [-0.1, -0.05) is 12.8 Å². The Bertz CT molecular complexity index is 362. The molecule has 1 fully saturated rings. The highest BCUT2D eigenvalue weighted by Gasteiger charge is 2.30. The maximum absolute atomic E-state index is 11.6. The predicted molar refractivity (Wildman–Crippen MR) is 77.2 cm³/mol. The second-order valence-electron chi connectivity index (χ2n) is 5.06. The van der Waals surface area contributed by atoms with Crippen LogP contribution in [-0.2, 0) is 14.4 Å². The molecule has 0 saturated heterocycles. The highest BCUT2D eigenvalue weighted by molar-refractivity contribution is 7.99. The van der Waals surface area contributed by atoms with Gasteiger partial charge >= 0.3 is 5.97 Å². The van der Waals surface area contributed by atoms with Crippen molar-refractivity contribution < 1.29 is 19.5 Å². The van der Waals surface area contributed by atoms with Gasteiger partial charge in [0.25, 0.3) is 0 Å². The number of hydrogen-bond donors (Lipinski definition) is 3. The lowest BCUT2D eigenvalue weighted by Gasteiger charge is -2.28. The molecule has 0 spiro atoms. The summed E-state index contributed by atoms with van der Waals surface area (Å²) in [6.45, 7) is 0.427. The quantitative estimate of drug-likeness (QED) is 0.569. The molecule has 114 valence electrons. The van der Waals surface area contributed by atoms with Crippen molar-refractivity contribution in [1.29, 1.82) is 0 Å². The highest BCUT2D eigenvalue weighted by Crippen LogP contribution is 2.29. The Morgan fingerprint density at radius 1 is 1.25 bits per heavy atom. The molecule has 2 atom stereocenters. The van der Waals surface area contributed by atoms with Gasteiger partial charge in [0, 0.05) is 18.7 Å². The molecule has 4 N–H and O–H groups in total. The van der Waals surface area contributed by atoms with E-state index in [-0.39, 0.29) is 29.4 Å². The summed E-state index contributed by atoms with van der Waals surface area (Å²) < 4.78 is 0. The molecule has 1 aliphatic carbocycles. The Morgan fingerprint density at radius 3 is 2.60 bits per heavy atom.